The van der Waals surface area contributed by atoms with Crippen molar-refractivity contribution in [1.29, 1.82) is 0 Å². The van der Waals surface area contributed by atoms with Crippen molar-refractivity contribution >= 4 is 22.0 Å². The molecule has 2 unspecified atom stereocenters. The second-order valence-electron chi connectivity index (χ2n) is 6.26. The molecule has 136 valence electrons. The SMILES string of the molecule is CCC1C(=C=O)N(C(=O)NCCc2ccc(S(N)(=O)=O)cc2)CC1C. The Labute approximate surface area is 147 Å². The van der Waals surface area contributed by atoms with Crippen LogP contribution in [-0.4, -0.2) is 38.4 Å². The van der Waals surface area contributed by atoms with Crippen LogP contribution in [0.4, 0.5) is 4.79 Å². The fraction of sp³-hybridized carbons (Fsp3) is 0.471. The van der Waals surface area contributed by atoms with Gasteiger partial charge in [0, 0.05) is 19.0 Å². The van der Waals surface area contributed by atoms with Crippen LogP contribution in [0.15, 0.2) is 34.9 Å². The zero-order valence-electron chi connectivity index (χ0n) is 14.4. The number of allylic oxidation sites excluding steroid dienone is 1. The van der Waals surface area contributed by atoms with Gasteiger partial charge in [-0.25, -0.2) is 23.1 Å². The van der Waals surface area contributed by atoms with Gasteiger partial charge in [-0.3, -0.25) is 4.90 Å². The van der Waals surface area contributed by atoms with Crippen LogP contribution in [0, 0.1) is 11.8 Å². The first-order valence-electron chi connectivity index (χ1n) is 8.20. The summed E-state index contributed by atoms with van der Waals surface area (Å²) in [5, 5.41) is 7.84. The van der Waals surface area contributed by atoms with E-state index in [2.05, 4.69) is 5.32 Å². The summed E-state index contributed by atoms with van der Waals surface area (Å²) >= 11 is 0. The number of carbonyl (C=O) groups is 1. The molecule has 1 saturated heterocycles. The minimum atomic E-state index is -3.70. The standard InChI is InChI=1S/C17H23N3O4S/c1-3-15-12(2)10-20(16(15)11-21)17(22)19-9-8-13-4-6-14(7-5-13)25(18,23)24/h4-7,12,15H,3,8-10H2,1-2H3,(H,19,22)(H2,18,23,24). The van der Waals surface area contributed by atoms with Crippen molar-refractivity contribution in [3.05, 3.63) is 35.5 Å². The van der Waals surface area contributed by atoms with E-state index in [4.69, 9.17) is 5.14 Å². The third kappa shape index (κ3) is 4.48. The first-order valence-corrected chi connectivity index (χ1v) is 9.74. The third-order valence-electron chi connectivity index (χ3n) is 4.53. The van der Waals surface area contributed by atoms with Crippen LogP contribution in [-0.2, 0) is 21.2 Å². The highest BCUT2D eigenvalue weighted by Crippen LogP contribution is 2.33. The molecule has 7 nitrogen and oxygen atoms in total. The van der Waals surface area contributed by atoms with Crippen LogP contribution in [0.2, 0.25) is 0 Å². The van der Waals surface area contributed by atoms with E-state index in [0.717, 1.165) is 12.0 Å². The predicted octanol–water partition coefficient (Wildman–Crippen LogP) is 1.28. The monoisotopic (exact) mass is 365 g/mol. The number of nitrogens with zero attached hydrogens (tertiary/aromatic N) is 1. The molecule has 1 heterocycles. The zero-order chi connectivity index (χ0) is 18.6. The normalized spacial score (nSPS) is 20.4. The van der Waals surface area contributed by atoms with Gasteiger partial charge < -0.3 is 5.32 Å². The molecule has 1 aliphatic rings. The Morgan fingerprint density at radius 1 is 1.36 bits per heavy atom. The van der Waals surface area contributed by atoms with E-state index >= 15 is 0 Å². The van der Waals surface area contributed by atoms with Gasteiger partial charge in [0.25, 0.3) is 0 Å². The number of hydrogen-bond acceptors (Lipinski definition) is 4. The van der Waals surface area contributed by atoms with Gasteiger partial charge in [0.15, 0.2) is 0 Å². The molecule has 2 amide bonds. The lowest BCUT2D eigenvalue weighted by Gasteiger charge is -2.17. The molecule has 0 aromatic heterocycles. The predicted molar refractivity (Wildman–Crippen MR) is 93.8 cm³/mol. The molecule has 1 aliphatic heterocycles. The van der Waals surface area contributed by atoms with Gasteiger partial charge in [-0.15, -0.1) is 0 Å². The van der Waals surface area contributed by atoms with E-state index in [1.54, 1.807) is 12.1 Å². The summed E-state index contributed by atoms with van der Waals surface area (Å²) in [6.07, 6.45) is 1.34. The van der Waals surface area contributed by atoms with E-state index in [0.29, 0.717) is 25.2 Å². The Kier molecular flexibility index (Phi) is 6.00. The minimum absolute atomic E-state index is 0.0534. The lowest BCUT2D eigenvalue weighted by molar-refractivity contribution is 0.215. The molecule has 0 bridgehead atoms. The number of rotatable bonds is 5. The average molecular weight is 365 g/mol. The number of benzene rings is 1. The van der Waals surface area contributed by atoms with Crippen molar-refractivity contribution < 1.29 is 18.0 Å². The van der Waals surface area contributed by atoms with E-state index < -0.39 is 10.0 Å². The number of carbonyl (C=O) groups excluding carboxylic acids is 2. The fourth-order valence-corrected chi connectivity index (χ4v) is 3.67. The number of primary sulfonamides is 1. The van der Waals surface area contributed by atoms with Crippen molar-refractivity contribution in [3.8, 4) is 0 Å². The first-order chi connectivity index (χ1) is 11.8. The van der Waals surface area contributed by atoms with Gasteiger partial charge in [-0.05, 0) is 36.5 Å². The maximum atomic E-state index is 12.3. The van der Waals surface area contributed by atoms with Gasteiger partial charge in [-0.2, -0.15) is 0 Å². The molecule has 1 aromatic carbocycles. The molecule has 25 heavy (non-hydrogen) atoms. The molecule has 0 saturated carbocycles. The van der Waals surface area contributed by atoms with Gasteiger partial charge in [-0.1, -0.05) is 26.0 Å². The van der Waals surface area contributed by atoms with Crippen LogP contribution >= 0.6 is 0 Å². The summed E-state index contributed by atoms with van der Waals surface area (Å²) in [5.41, 5.74) is 1.30. The molecule has 0 radical (unpaired) electrons. The number of hydrogen-bond donors (Lipinski definition) is 2. The second kappa shape index (κ2) is 7.82. The van der Waals surface area contributed by atoms with Gasteiger partial charge in [0.2, 0.25) is 10.0 Å². The highest BCUT2D eigenvalue weighted by molar-refractivity contribution is 7.89. The first kappa shape index (κ1) is 19.2. The van der Waals surface area contributed by atoms with Crippen molar-refractivity contribution in [3.63, 3.8) is 0 Å². The Hall–Kier alpha value is -2.15. The Balaban J connectivity index is 1.91. The van der Waals surface area contributed by atoms with Crippen LogP contribution in [0.25, 0.3) is 0 Å². The quantitative estimate of drug-likeness (QED) is 0.766. The smallest absolute Gasteiger partial charge is 0.322 e. The largest absolute Gasteiger partial charge is 0.337 e. The zero-order valence-corrected chi connectivity index (χ0v) is 15.2. The van der Waals surface area contributed by atoms with Gasteiger partial charge in [0.05, 0.1) is 4.90 Å². The Morgan fingerprint density at radius 3 is 2.52 bits per heavy atom. The number of nitrogens with two attached hydrogens (primary N) is 1. The van der Waals surface area contributed by atoms with E-state index in [9.17, 15) is 18.0 Å². The number of urea groups is 1. The van der Waals surface area contributed by atoms with E-state index in [-0.39, 0.29) is 22.8 Å². The summed E-state index contributed by atoms with van der Waals surface area (Å²) in [6.45, 7) is 4.90. The summed E-state index contributed by atoms with van der Waals surface area (Å²) in [7, 11) is -3.70. The average Bonchev–Trinajstić information content (AvgIpc) is 2.90. The van der Waals surface area contributed by atoms with Crippen LogP contribution in [0.3, 0.4) is 0 Å². The Bertz CT molecular complexity index is 783. The molecule has 8 heteroatoms. The maximum absolute atomic E-state index is 12.3. The van der Waals surface area contributed by atoms with Crippen molar-refractivity contribution in [2.45, 2.75) is 31.6 Å². The topological polar surface area (TPSA) is 110 Å². The van der Waals surface area contributed by atoms with Crippen molar-refractivity contribution in [1.82, 2.24) is 10.2 Å². The highest BCUT2D eigenvalue weighted by Gasteiger charge is 2.37. The number of sulfonamides is 1. The lowest BCUT2D eigenvalue weighted by Crippen LogP contribution is -2.38. The van der Waals surface area contributed by atoms with Crippen molar-refractivity contribution in [2.24, 2.45) is 17.0 Å². The lowest BCUT2D eigenvalue weighted by atomic mass is 9.93. The molecular weight excluding hydrogens is 342 g/mol. The molecule has 2 rings (SSSR count). The molecule has 0 aliphatic carbocycles. The van der Waals surface area contributed by atoms with Gasteiger partial charge in [0.1, 0.15) is 11.6 Å². The third-order valence-corrected chi connectivity index (χ3v) is 5.46. The number of amides is 2. The van der Waals surface area contributed by atoms with E-state index in [1.165, 1.54) is 17.0 Å². The van der Waals surface area contributed by atoms with E-state index in [1.807, 2.05) is 19.8 Å². The molecule has 1 aromatic rings. The van der Waals surface area contributed by atoms with Gasteiger partial charge >= 0.3 is 6.03 Å². The highest BCUT2D eigenvalue weighted by atomic mass is 32.2. The van der Waals surface area contributed by atoms with Crippen LogP contribution in [0.1, 0.15) is 25.8 Å². The Morgan fingerprint density at radius 2 is 2.00 bits per heavy atom. The summed E-state index contributed by atoms with van der Waals surface area (Å²) in [4.78, 5) is 25.0. The number of likely N-dealkylation sites (tertiary alicyclic amines) is 1. The minimum Gasteiger partial charge on any atom is -0.337 e. The van der Waals surface area contributed by atoms with Crippen molar-refractivity contribution in [2.75, 3.05) is 13.1 Å². The molecule has 2 atom stereocenters. The molecule has 3 N–H and O–H groups in total. The molecular formula is C17H23N3O4S. The summed E-state index contributed by atoms with van der Waals surface area (Å²) in [5.74, 6) is 2.22. The second-order valence-corrected chi connectivity index (χ2v) is 7.82. The number of nitrogens with one attached hydrogen (secondary N) is 1. The van der Waals surface area contributed by atoms with Crippen LogP contribution in [0.5, 0.6) is 0 Å². The fourth-order valence-electron chi connectivity index (χ4n) is 3.16. The summed E-state index contributed by atoms with van der Waals surface area (Å²) in [6, 6.07) is 5.89. The summed E-state index contributed by atoms with van der Waals surface area (Å²) < 4.78 is 22.4. The maximum Gasteiger partial charge on any atom is 0.322 e. The molecule has 0 spiro atoms. The van der Waals surface area contributed by atoms with Crippen LogP contribution < -0.4 is 10.5 Å². The molecule has 1 fully saturated rings.